The number of nitrogens with two attached hydrogens (primary N) is 1. The fourth-order valence-corrected chi connectivity index (χ4v) is 4.82. The van der Waals surface area contributed by atoms with Crippen molar-refractivity contribution in [2.24, 2.45) is 0 Å². The van der Waals surface area contributed by atoms with Crippen LogP contribution in [0.4, 0.5) is 5.69 Å². The second kappa shape index (κ2) is 15.2. The first-order valence-corrected chi connectivity index (χ1v) is 10.9. The molecule has 0 aromatic heterocycles. The van der Waals surface area contributed by atoms with Gasteiger partial charge < -0.3 is 39.5 Å². The van der Waals surface area contributed by atoms with Crippen LogP contribution in [0.1, 0.15) is 12.8 Å². The van der Waals surface area contributed by atoms with E-state index in [-0.39, 0.29) is 123 Å². The van der Waals surface area contributed by atoms with Crippen molar-refractivity contribution in [3.63, 3.8) is 0 Å². The molecule has 0 saturated carbocycles. The Hall–Kier alpha value is 3.19. The minimum absolute atomic E-state index is 0. The van der Waals surface area contributed by atoms with Gasteiger partial charge in [0.15, 0.2) is 0 Å². The van der Waals surface area contributed by atoms with Crippen molar-refractivity contribution in [1.29, 1.82) is 0 Å². The molecule has 1 aromatic rings. The first-order valence-electron chi connectivity index (χ1n) is 6.32. The number of hydrogen-bond donors (Lipinski definition) is 3. The van der Waals surface area contributed by atoms with Crippen LogP contribution in [-0.4, -0.2) is 25.2 Å². The summed E-state index contributed by atoms with van der Waals surface area (Å²) in [6.07, 6.45) is -1.85. The maximum absolute atomic E-state index is 11.9. The quantitative estimate of drug-likeness (QED) is 0.135. The molecule has 11 nitrogen and oxygen atoms in total. The van der Waals surface area contributed by atoms with E-state index in [0.29, 0.717) is 5.69 Å². The van der Waals surface area contributed by atoms with Gasteiger partial charge in [-0.2, -0.15) is 0 Å². The Labute approximate surface area is 251 Å². The smallest absolute Gasteiger partial charge is 0.808 e. The Bertz CT molecular complexity index is 763. The topological polar surface area (TPSA) is 219 Å². The average Bonchev–Trinajstić information content (AvgIpc) is 2.41. The zero-order valence-corrected chi connectivity index (χ0v) is 26.6. The predicted octanol–water partition coefficient (Wildman–Crippen LogP) is -15.2. The van der Waals surface area contributed by atoms with Crippen molar-refractivity contribution in [1.82, 2.24) is 4.72 Å². The SMILES string of the molecule is Nc1ccc(S(=O)(=O)NCCCC(O)(P(=O)([O-])[O-])P(=O)([O-])[O-])cc1.[Na+].[Na+].[Na+].[Na+]. The third-order valence-electron chi connectivity index (χ3n) is 3.05. The minimum atomic E-state index is -6.18. The molecule has 1 aromatic carbocycles. The Balaban J connectivity index is -0.000000720. The first-order chi connectivity index (χ1) is 10.7. The van der Waals surface area contributed by atoms with Crippen LogP contribution < -0.4 is 148 Å². The molecule has 0 saturated heterocycles. The van der Waals surface area contributed by atoms with Crippen molar-refractivity contribution < 1.29 is 160 Å². The maximum Gasteiger partial charge on any atom is 1.00 e. The number of nitrogen functional groups attached to an aromatic ring is 1. The van der Waals surface area contributed by atoms with Gasteiger partial charge >= 0.3 is 118 Å². The number of benzene rings is 1. The predicted molar refractivity (Wildman–Crippen MR) is 75.4 cm³/mol. The molecule has 0 heterocycles. The molecule has 0 aliphatic heterocycles. The second-order valence-electron chi connectivity index (χ2n) is 4.84. The van der Waals surface area contributed by atoms with E-state index in [4.69, 9.17) is 5.73 Å². The zero-order valence-electron chi connectivity index (χ0n) is 16.0. The van der Waals surface area contributed by atoms with Gasteiger partial charge in [0.2, 0.25) is 10.0 Å². The van der Waals surface area contributed by atoms with Gasteiger partial charge in [0.05, 0.1) is 4.90 Å². The van der Waals surface area contributed by atoms with Crippen molar-refractivity contribution in [2.45, 2.75) is 22.8 Å². The van der Waals surface area contributed by atoms with Crippen LogP contribution in [0.5, 0.6) is 0 Å². The van der Waals surface area contributed by atoms with Gasteiger partial charge in [-0.15, -0.1) is 0 Å². The number of rotatable bonds is 8. The standard InChI is InChI=1S/C10H18N2O9P2S.4Na/c11-8-2-4-9(5-3-8)24(20,21)12-7-1-6-10(13,22(14,15)16)23(17,18)19;;;;/h2-5,12-13H,1,6-7,11H2,(H2,14,15,16)(H2,17,18,19);;;;/q;4*+1/p-4. The molecule has 1 rings (SSSR count). The molecule has 28 heavy (non-hydrogen) atoms. The molecule has 0 fully saturated rings. The van der Waals surface area contributed by atoms with E-state index in [1.807, 2.05) is 4.72 Å². The fraction of sp³-hybridized carbons (Fsp3) is 0.400. The van der Waals surface area contributed by atoms with Gasteiger partial charge in [-0.25, -0.2) is 13.1 Å². The van der Waals surface area contributed by atoms with Gasteiger partial charge in [0.25, 0.3) is 0 Å². The third kappa shape index (κ3) is 10.9. The summed E-state index contributed by atoms with van der Waals surface area (Å²) in [5, 5.41) is 5.39. The van der Waals surface area contributed by atoms with Gasteiger partial charge in [-0.05, 0) is 52.3 Å². The molecule has 0 aliphatic carbocycles. The number of nitrogens with one attached hydrogen (secondary N) is 1. The molecule has 0 aliphatic rings. The maximum atomic E-state index is 11.9. The molecule has 4 N–H and O–H groups in total. The molecule has 138 valence electrons. The van der Waals surface area contributed by atoms with Crippen LogP contribution in [0.25, 0.3) is 0 Å². The Morgan fingerprint density at radius 2 is 1.36 bits per heavy atom. The van der Waals surface area contributed by atoms with E-state index >= 15 is 0 Å². The van der Waals surface area contributed by atoms with E-state index in [9.17, 15) is 42.2 Å². The second-order valence-corrected chi connectivity index (χ2v) is 10.4. The average molecular weight is 492 g/mol. The van der Waals surface area contributed by atoms with Crippen LogP contribution >= 0.6 is 15.2 Å². The van der Waals surface area contributed by atoms with Crippen molar-refractivity contribution in [2.75, 3.05) is 12.3 Å². The Kier molecular flexibility index (Phi) is 20.8. The van der Waals surface area contributed by atoms with Gasteiger partial charge in [0.1, 0.15) is 5.08 Å². The molecule has 0 radical (unpaired) electrons. The first kappa shape index (κ1) is 38.5. The summed E-state index contributed by atoms with van der Waals surface area (Å²) in [6.45, 7) is -0.519. The van der Waals surface area contributed by atoms with Gasteiger partial charge in [-0.1, -0.05) is 0 Å². The van der Waals surface area contributed by atoms with Crippen LogP contribution in [0, 0.1) is 0 Å². The van der Waals surface area contributed by atoms with E-state index in [2.05, 4.69) is 0 Å². The van der Waals surface area contributed by atoms with E-state index in [1.54, 1.807) is 0 Å². The van der Waals surface area contributed by atoms with Crippen LogP contribution in [-0.2, 0) is 19.2 Å². The Morgan fingerprint density at radius 1 is 0.964 bits per heavy atom. The molecule has 0 spiro atoms. The summed E-state index contributed by atoms with van der Waals surface area (Å²) in [4.78, 5) is 43.2. The van der Waals surface area contributed by atoms with Gasteiger partial charge in [-0.3, -0.25) is 0 Å². The van der Waals surface area contributed by atoms with Crippen LogP contribution in [0.15, 0.2) is 29.2 Å². The molecule has 0 unspecified atom stereocenters. The zero-order chi connectivity index (χ0) is 18.8. The number of sulfonamides is 1. The summed E-state index contributed by atoms with van der Waals surface area (Å²) < 4.78 is 47.5. The monoisotopic (exact) mass is 492 g/mol. The Morgan fingerprint density at radius 3 is 1.71 bits per heavy atom. The number of aliphatic hydroxyl groups is 1. The summed E-state index contributed by atoms with van der Waals surface area (Å²) in [6, 6.07) is 5.04. The molecule has 0 amide bonds. The molecular formula is C10H14N2Na4O9P2S. The summed E-state index contributed by atoms with van der Waals surface area (Å²) in [7, 11) is -16.4. The van der Waals surface area contributed by atoms with E-state index in [1.165, 1.54) is 24.3 Å². The number of anilines is 1. The number of hydrogen-bond acceptors (Lipinski definition) is 10. The molecular weight excluding hydrogens is 478 g/mol. The molecule has 0 atom stereocenters. The summed E-state index contributed by atoms with van der Waals surface area (Å²) >= 11 is 0. The summed E-state index contributed by atoms with van der Waals surface area (Å²) in [5.41, 5.74) is 5.73. The van der Waals surface area contributed by atoms with E-state index in [0.717, 1.165) is 0 Å². The minimum Gasteiger partial charge on any atom is -0.808 e. The van der Waals surface area contributed by atoms with E-state index < -0.39 is 49.7 Å². The largest absolute Gasteiger partial charge is 1.00 e. The van der Waals surface area contributed by atoms with Crippen molar-refractivity contribution in [3.8, 4) is 0 Å². The summed E-state index contributed by atoms with van der Waals surface area (Å²) in [5.74, 6) is 0. The third-order valence-corrected chi connectivity index (χ3v) is 8.20. The molecule has 18 heteroatoms. The molecule has 0 bridgehead atoms. The van der Waals surface area contributed by atoms with Crippen molar-refractivity contribution in [3.05, 3.63) is 24.3 Å². The normalized spacial score (nSPS) is 11.9. The van der Waals surface area contributed by atoms with Crippen LogP contribution in [0.2, 0.25) is 0 Å². The van der Waals surface area contributed by atoms with Gasteiger partial charge in [0, 0.05) is 12.2 Å². The fourth-order valence-electron chi connectivity index (χ4n) is 1.69. The van der Waals surface area contributed by atoms with Crippen LogP contribution in [0.3, 0.4) is 0 Å². The van der Waals surface area contributed by atoms with Crippen molar-refractivity contribution >= 4 is 30.9 Å².